The monoisotopic (exact) mass is 286 g/mol. The number of oxime groups is 1. The molecule has 1 aromatic heterocycles. The number of rotatable bonds is 5. The van der Waals surface area contributed by atoms with Crippen molar-refractivity contribution < 1.29 is 9.94 Å². The molecule has 2 aromatic rings. The first kappa shape index (κ1) is 14.6. The van der Waals surface area contributed by atoms with Crippen molar-refractivity contribution in [2.45, 2.75) is 6.54 Å². The van der Waals surface area contributed by atoms with Crippen molar-refractivity contribution in [3.63, 3.8) is 0 Å². The van der Waals surface area contributed by atoms with E-state index in [1.165, 1.54) is 0 Å². The van der Waals surface area contributed by atoms with Crippen LogP contribution in [0.4, 0.5) is 5.69 Å². The van der Waals surface area contributed by atoms with Crippen molar-refractivity contribution >= 4 is 11.5 Å². The van der Waals surface area contributed by atoms with Crippen LogP contribution in [0.2, 0.25) is 0 Å². The van der Waals surface area contributed by atoms with Crippen molar-refractivity contribution in [2.24, 2.45) is 10.9 Å². The Hall–Kier alpha value is -2.76. The Morgan fingerprint density at radius 3 is 2.86 bits per heavy atom. The first-order chi connectivity index (χ1) is 10.2. The van der Waals surface area contributed by atoms with E-state index in [4.69, 9.17) is 15.7 Å². The van der Waals surface area contributed by atoms with Crippen molar-refractivity contribution in [3.05, 3.63) is 53.9 Å². The fourth-order valence-corrected chi connectivity index (χ4v) is 2.07. The highest BCUT2D eigenvalue weighted by molar-refractivity contribution is 5.95. The zero-order valence-electron chi connectivity index (χ0n) is 12.0. The van der Waals surface area contributed by atoms with E-state index in [9.17, 15) is 0 Å². The number of pyridine rings is 1. The minimum atomic E-state index is -0.00297. The number of benzene rings is 1. The maximum absolute atomic E-state index is 8.70. The summed E-state index contributed by atoms with van der Waals surface area (Å²) in [5, 5.41) is 11.7. The van der Waals surface area contributed by atoms with E-state index in [-0.39, 0.29) is 5.84 Å². The number of amidine groups is 1. The van der Waals surface area contributed by atoms with Gasteiger partial charge in [-0.15, -0.1) is 0 Å². The molecule has 6 nitrogen and oxygen atoms in total. The molecule has 0 radical (unpaired) electrons. The molecule has 0 saturated heterocycles. The molecule has 0 bridgehead atoms. The molecule has 0 amide bonds. The van der Waals surface area contributed by atoms with E-state index in [0.29, 0.717) is 12.2 Å². The lowest BCUT2D eigenvalue weighted by atomic mass is 10.2. The van der Waals surface area contributed by atoms with Gasteiger partial charge in [-0.05, 0) is 29.8 Å². The quantitative estimate of drug-likeness (QED) is 0.379. The number of nitrogens with zero attached hydrogens (tertiary/aromatic N) is 3. The summed E-state index contributed by atoms with van der Waals surface area (Å²) >= 11 is 0. The molecule has 0 aliphatic rings. The predicted octanol–water partition coefficient (Wildman–Crippen LogP) is 1.82. The number of hydrogen-bond acceptors (Lipinski definition) is 5. The third-order valence-corrected chi connectivity index (χ3v) is 3.11. The van der Waals surface area contributed by atoms with Gasteiger partial charge in [0.15, 0.2) is 5.84 Å². The van der Waals surface area contributed by atoms with Crippen LogP contribution in [-0.2, 0) is 6.54 Å². The van der Waals surface area contributed by atoms with E-state index in [2.05, 4.69) is 15.0 Å². The highest BCUT2D eigenvalue weighted by atomic mass is 16.5. The maximum Gasteiger partial charge on any atom is 0.188 e. The molecule has 2 rings (SSSR count). The van der Waals surface area contributed by atoms with Gasteiger partial charge in [0.25, 0.3) is 0 Å². The number of para-hydroxylation sites is 2. The van der Waals surface area contributed by atoms with Gasteiger partial charge in [0.05, 0.1) is 12.8 Å². The number of hydrogen-bond donors (Lipinski definition) is 2. The molecule has 3 N–H and O–H groups in total. The van der Waals surface area contributed by atoms with Gasteiger partial charge >= 0.3 is 0 Å². The second-order valence-corrected chi connectivity index (χ2v) is 4.56. The van der Waals surface area contributed by atoms with Crippen LogP contribution >= 0.6 is 0 Å². The van der Waals surface area contributed by atoms with Gasteiger partial charge in [-0.3, -0.25) is 4.98 Å². The Morgan fingerprint density at radius 1 is 1.38 bits per heavy atom. The Labute approximate surface area is 123 Å². The van der Waals surface area contributed by atoms with Crippen LogP contribution in [0.3, 0.4) is 0 Å². The van der Waals surface area contributed by atoms with Crippen LogP contribution in [-0.4, -0.2) is 30.2 Å². The Morgan fingerprint density at radius 2 is 2.14 bits per heavy atom. The third kappa shape index (κ3) is 3.42. The number of ether oxygens (including phenoxy) is 1. The molecule has 0 fully saturated rings. The van der Waals surface area contributed by atoms with E-state index >= 15 is 0 Å². The van der Waals surface area contributed by atoms with Gasteiger partial charge in [-0.25, -0.2) is 0 Å². The van der Waals surface area contributed by atoms with E-state index in [0.717, 1.165) is 17.0 Å². The van der Waals surface area contributed by atoms with E-state index in [1.807, 2.05) is 37.4 Å². The van der Waals surface area contributed by atoms with Crippen LogP contribution in [0.15, 0.2) is 47.8 Å². The standard InChI is InChI=1S/C15H18N4O2/c1-19(13-5-3-4-6-14(13)21-2)10-11-7-8-17-12(9-11)15(16)18-20/h3-9,20H,10H2,1-2H3,(H2,16,18). The van der Waals surface area contributed by atoms with Crippen LogP contribution in [0.25, 0.3) is 0 Å². The number of methoxy groups -OCH3 is 1. The van der Waals surface area contributed by atoms with Gasteiger partial charge in [0.1, 0.15) is 11.4 Å². The van der Waals surface area contributed by atoms with E-state index in [1.54, 1.807) is 19.4 Å². The normalized spacial score (nSPS) is 11.2. The fourth-order valence-electron chi connectivity index (χ4n) is 2.07. The largest absolute Gasteiger partial charge is 0.495 e. The minimum Gasteiger partial charge on any atom is -0.495 e. The molecule has 0 spiro atoms. The van der Waals surface area contributed by atoms with Crippen LogP contribution in [0.1, 0.15) is 11.3 Å². The number of aromatic nitrogens is 1. The van der Waals surface area contributed by atoms with Gasteiger partial charge in [-0.2, -0.15) is 0 Å². The number of nitrogens with two attached hydrogens (primary N) is 1. The Kier molecular flexibility index (Phi) is 4.61. The highest BCUT2D eigenvalue weighted by Crippen LogP contribution is 2.27. The Balaban J connectivity index is 2.21. The van der Waals surface area contributed by atoms with Crippen molar-refractivity contribution in [1.29, 1.82) is 0 Å². The molecule has 0 unspecified atom stereocenters. The second-order valence-electron chi connectivity index (χ2n) is 4.56. The molecular formula is C15H18N4O2. The summed E-state index contributed by atoms with van der Waals surface area (Å²) in [5.74, 6) is 0.808. The van der Waals surface area contributed by atoms with Gasteiger partial charge < -0.3 is 20.6 Å². The summed E-state index contributed by atoms with van der Waals surface area (Å²) in [6.45, 7) is 0.647. The minimum absolute atomic E-state index is 0.00297. The van der Waals surface area contributed by atoms with Crippen molar-refractivity contribution in [3.8, 4) is 5.75 Å². The smallest absolute Gasteiger partial charge is 0.188 e. The molecule has 21 heavy (non-hydrogen) atoms. The molecule has 0 aliphatic heterocycles. The highest BCUT2D eigenvalue weighted by Gasteiger charge is 2.09. The lowest BCUT2D eigenvalue weighted by Gasteiger charge is -2.21. The maximum atomic E-state index is 8.70. The second kappa shape index (κ2) is 6.60. The Bertz CT molecular complexity index is 643. The van der Waals surface area contributed by atoms with Gasteiger partial charge in [-0.1, -0.05) is 17.3 Å². The summed E-state index contributed by atoms with van der Waals surface area (Å²) in [7, 11) is 3.62. The van der Waals surface area contributed by atoms with Crippen molar-refractivity contribution in [2.75, 3.05) is 19.1 Å². The zero-order chi connectivity index (χ0) is 15.2. The molecular weight excluding hydrogens is 268 g/mol. The van der Waals surface area contributed by atoms with Gasteiger partial charge in [0.2, 0.25) is 0 Å². The first-order valence-electron chi connectivity index (χ1n) is 6.42. The van der Waals surface area contributed by atoms with Crippen LogP contribution in [0.5, 0.6) is 5.75 Å². The summed E-state index contributed by atoms with van der Waals surface area (Å²) in [6, 6.07) is 11.5. The predicted molar refractivity (Wildman–Crippen MR) is 81.8 cm³/mol. The lowest BCUT2D eigenvalue weighted by molar-refractivity contribution is 0.318. The number of anilines is 1. The topological polar surface area (TPSA) is 84.0 Å². The zero-order valence-corrected chi connectivity index (χ0v) is 12.0. The molecule has 1 aromatic carbocycles. The molecule has 0 saturated carbocycles. The molecule has 0 atom stereocenters. The molecule has 1 heterocycles. The molecule has 110 valence electrons. The van der Waals surface area contributed by atoms with Crippen LogP contribution < -0.4 is 15.4 Å². The summed E-state index contributed by atoms with van der Waals surface area (Å²) in [4.78, 5) is 6.12. The van der Waals surface area contributed by atoms with Crippen LogP contribution in [0, 0.1) is 0 Å². The lowest BCUT2D eigenvalue weighted by Crippen LogP contribution is -2.19. The fraction of sp³-hybridized carbons (Fsp3) is 0.200. The SMILES string of the molecule is COc1ccccc1N(C)Cc1ccnc(C(N)=NO)c1. The summed E-state index contributed by atoms with van der Waals surface area (Å²) < 4.78 is 5.36. The van der Waals surface area contributed by atoms with Gasteiger partial charge in [0, 0.05) is 19.8 Å². The summed E-state index contributed by atoms with van der Waals surface area (Å²) in [5.41, 5.74) is 7.99. The average Bonchev–Trinajstić information content (AvgIpc) is 2.54. The molecule has 6 heteroatoms. The van der Waals surface area contributed by atoms with E-state index < -0.39 is 0 Å². The first-order valence-corrected chi connectivity index (χ1v) is 6.42. The van der Waals surface area contributed by atoms with Crippen molar-refractivity contribution in [1.82, 2.24) is 4.98 Å². The molecule has 0 aliphatic carbocycles. The summed E-state index contributed by atoms with van der Waals surface area (Å²) in [6.07, 6.45) is 1.64. The third-order valence-electron chi connectivity index (χ3n) is 3.11. The average molecular weight is 286 g/mol.